The Balaban J connectivity index is 1.67. The molecule has 0 saturated heterocycles. The summed E-state index contributed by atoms with van der Waals surface area (Å²) in [5, 5.41) is 6.05. The summed E-state index contributed by atoms with van der Waals surface area (Å²) in [6.45, 7) is 6.24. The summed E-state index contributed by atoms with van der Waals surface area (Å²) < 4.78 is 0. The maximum absolute atomic E-state index is 12.4. The lowest BCUT2D eigenvalue weighted by Crippen LogP contribution is -2.34. The van der Waals surface area contributed by atoms with Crippen LogP contribution in [0.15, 0.2) is 36.5 Å². The molecule has 0 bridgehead atoms. The van der Waals surface area contributed by atoms with Crippen LogP contribution in [0.1, 0.15) is 51.9 Å². The number of anilines is 1. The van der Waals surface area contributed by atoms with E-state index in [1.807, 2.05) is 19.1 Å². The normalized spacial score (nSPS) is 14.4. The minimum Gasteiger partial charge on any atom is -0.325 e. The Kier molecular flexibility index (Phi) is 5.56. The molecule has 1 atom stereocenters. The fourth-order valence-corrected chi connectivity index (χ4v) is 3.32. The van der Waals surface area contributed by atoms with E-state index in [0.717, 1.165) is 16.2 Å². The zero-order chi connectivity index (χ0) is 20.4. The molecule has 3 rings (SSSR count). The number of carbonyl (C=O) groups excluding carboxylic acids is 3. The zero-order valence-corrected chi connectivity index (χ0v) is 16.4. The summed E-state index contributed by atoms with van der Waals surface area (Å²) in [5.74, 6) is -0.672. The molecule has 1 unspecified atom stereocenters. The van der Waals surface area contributed by atoms with E-state index in [2.05, 4.69) is 29.5 Å². The predicted molar refractivity (Wildman–Crippen MR) is 106 cm³/mol. The third kappa shape index (κ3) is 3.80. The first kappa shape index (κ1) is 19.7. The van der Waals surface area contributed by atoms with Gasteiger partial charge < -0.3 is 5.32 Å². The van der Waals surface area contributed by atoms with Crippen LogP contribution in [-0.4, -0.2) is 41.2 Å². The number of aromatic nitrogens is 1. The van der Waals surface area contributed by atoms with Crippen molar-refractivity contribution in [1.29, 1.82) is 0 Å². The third-order valence-corrected chi connectivity index (χ3v) is 4.87. The molecular formula is C21H24N4O3. The molecular weight excluding hydrogens is 356 g/mol. The number of nitrogens with one attached hydrogen (secondary N) is 2. The van der Waals surface area contributed by atoms with E-state index >= 15 is 0 Å². The maximum atomic E-state index is 12.4. The number of amides is 3. The van der Waals surface area contributed by atoms with E-state index in [1.54, 1.807) is 24.4 Å². The highest BCUT2D eigenvalue weighted by atomic mass is 16.2. The van der Waals surface area contributed by atoms with Crippen molar-refractivity contribution in [3.8, 4) is 0 Å². The first-order valence-electron chi connectivity index (χ1n) is 9.20. The Labute approximate surface area is 164 Å². The van der Waals surface area contributed by atoms with E-state index in [4.69, 9.17) is 0 Å². The molecule has 146 valence electrons. The topological polar surface area (TPSA) is 91.4 Å². The molecule has 7 nitrogen and oxygen atoms in total. The second kappa shape index (κ2) is 7.90. The highest BCUT2D eigenvalue weighted by Gasteiger charge is 2.32. The van der Waals surface area contributed by atoms with Gasteiger partial charge in [0, 0.05) is 18.9 Å². The van der Waals surface area contributed by atoms with Crippen LogP contribution in [0.3, 0.4) is 0 Å². The average Bonchev–Trinajstić information content (AvgIpc) is 2.87. The molecule has 28 heavy (non-hydrogen) atoms. The van der Waals surface area contributed by atoms with Gasteiger partial charge >= 0.3 is 0 Å². The molecule has 2 N–H and O–H groups in total. The van der Waals surface area contributed by atoms with Crippen LogP contribution >= 0.6 is 0 Å². The van der Waals surface area contributed by atoms with Crippen molar-refractivity contribution in [2.75, 3.05) is 18.9 Å². The van der Waals surface area contributed by atoms with E-state index in [9.17, 15) is 14.4 Å². The molecule has 1 aromatic heterocycles. The number of aryl methyl sites for hydroxylation is 1. The lowest BCUT2D eigenvalue weighted by Gasteiger charge is -2.23. The quantitative estimate of drug-likeness (QED) is 0.752. The smallest absolute Gasteiger partial charge is 0.261 e. The van der Waals surface area contributed by atoms with Gasteiger partial charge in [-0.15, -0.1) is 0 Å². The van der Waals surface area contributed by atoms with E-state index < -0.39 is 0 Å². The fourth-order valence-electron chi connectivity index (χ4n) is 3.32. The number of fused-ring (bicyclic) bond motifs is 1. The van der Waals surface area contributed by atoms with Crippen LogP contribution in [0.5, 0.6) is 0 Å². The second-order valence-corrected chi connectivity index (χ2v) is 7.29. The second-order valence-electron chi connectivity index (χ2n) is 7.29. The highest BCUT2D eigenvalue weighted by Crippen LogP contribution is 2.25. The molecule has 7 heteroatoms. The molecule has 2 heterocycles. The molecule has 2 aromatic rings. The van der Waals surface area contributed by atoms with Crippen molar-refractivity contribution in [1.82, 2.24) is 15.2 Å². The zero-order valence-electron chi connectivity index (χ0n) is 16.4. The Morgan fingerprint density at radius 3 is 2.54 bits per heavy atom. The number of carbonyl (C=O) groups is 3. The van der Waals surface area contributed by atoms with Crippen molar-refractivity contribution >= 4 is 23.4 Å². The maximum Gasteiger partial charge on any atom is 0.261 e. The number of hydrogen-bond acceptors (Lipinski definition) is 5. The van der Waals surface area contributed by atoms with Gasteiger partial charge in [-0.1, -0.05) is 19.9 Å². The van der Waals surface area contributed by atoms with Crippen molar-refractivity contribution in [3.63, 3.8) is 0 Å². The summed E-state index contributed by atoms with van der Waals surface area (Å²) in [6.07, 6.45) is 1.75. The Morgan fingerprint density at radius 1 is 1.14 bits per heavy atom. The van der Waals surface area contributed by atoms with Crippen molar-refractivity contribution < 1.29 is 14.4 Å². The lowest BCUT2D eigenvalue weighted by molar-refractivity contribution is -0.115. The fraction of sp³-hybridized carbons (Fsp3) is 0.333. The monoisotopic (exact) mass is 380 g/mol. The number of nitrogens with zero attached hydrogens (tertiary/aromatic N) is 2. The number of imide groups is 1. The van der Waals surface area contributed by atoms with Crippen molar-refractivity contribution in [2.45, 2.75) is 26.8 Å². The molecule has 3 amide bonds. The molecule has 0 saturated carbocycles. The summed E-state index contributed by atoms with van der Waals surface area (Å²) in [6, 6.07) is 8.57. The minimum atomic E-state index is -0.361. The average molecular weight is 380 g/mol. The number of hydrogen-bond donors (Lipinski definition) is 2. The Hall–Kier alpha value is -3.06. The standard InChI is InChI=1S/C21H24N4O3/c1-12(2)18(19-13(3)6-5-9-22-19)23-11-17(26)24-14-7-8-15-16(10-14)21(28)25(4)20(15)27/h5-10,12,18,23H,11H2,1-4H3,(H,24,26). The van der Waals surface area contributed by atoms with Gasteiger partial charge in [0.05, 0.1) is 29.4 Å². The number of pyridine rings is 1. The van der Waals surface area contributed by atoms with E-state index in [-0.39, 0.29) is 36.2 Å². The molecule has 1 aliphatic heterocycles. The molecule has 0 fully saturated rings. The van der Waals surface area contributed by atoms with Gasteiger partial charge in [0.25, 0.3) is 11.8 Å². The Morgan fingerprint density at radius 2 is 1.86 bits per heavy atom. The molecule has 0 radical (unpaired) electrons. The van der Waals surface area contributed by atoms with Gasteiger partial charge in [-0.05, 0) is 42.7 Å². The van der Waals surface area contributed by atoms with Crippen molar-refractivity contribution in [3.05, 3.63) is 58.9 Å². The highest BCUT2D eigenvalue weighted by molar-refractivity contribution is 6.21. The first-order valence-corrected chi connectivity index (χ1v) is 9.20. The Bertz CT molecular complexity index is 939. The van der Waals surface area contributed by atoms with Gasteiger partial charge in [-0.25, -0.2) is 0 Å². The minimum absolute atomic E-state index is 0.0557. The van der Waals surface area contributed by atoms with Crippen LogP contribution in [0.25, 0.3) is 0 Å². The number of benzene rings is 1. The molecule has 0 aliphatic carbocycles. The number of rotatable bonds is 6. The van der Waals surface area contributed by atoms with Crippen molar-refractivity contribution in [2.24, 2.45) is 5.92 Å². The third-order valence-electron chi connectivity index (χ3n) is 4.87. The van der Waals surface area contributed by atoms with Gasteiger partial charge in [0.2, 0.25) is 5.91 Å². The molecule has 1 aromatic carbocycles. The van der Waals surface area contributed by atoms with Gasteiger partial charge in [-0.3, -0.25) is 29.6 Å². The lowest BCUT2D eigenvalue weighted by atomic mass is 9.97. The van der Waals surface area contributed by atoms with Crippen LogP contribution in [0, 0.1) is 12.8 Å². The summed E-state index contributed by atoms with van der Waals surface area (Å²) in [7, 11) is 1.44. The van der Waals surface area contributed by atoms with E-state index in [1.165, 1.54) is 7.05 Å². The van der Waals surface area contributed by atoms with Gasteiger partial charge in [0.15, 0.2) is 0 Å². The molecule has 0 spiro atoms. The van der Waals surface area contributed by atoms with E-state index in [0.29, 0.717) is 16.8 Å². The molecule has 1 aliphatic rings. The predicted octanol–water partition coefficient (Wildman–Crippen LogP) is 2.54. The largest absolute Gasteiger partial charge is 0.325 e. The van der Waals surface area contributed by atoms with Crippen LogP contribution in [-0.2, 0) is 4.79 Å². The first-order chi connectivity index (χ1) is 13.3. The summed E-state index contributed by atoms with van der Waals surface area (Å²) >= 11 is 0. The van der Waals surface area contributed by atoms with Crippen LogP contribution in [0.4, 0.5) is 5.69 Å². The van der Waals surface area contributed by atoms with Crippen LogP contribution < -0.4 is 10.6 Å². The van der Waals surface area contributed by atoms with Crippen LogP contribution in [0.2, 0.25) is 0 Å². The van der Waals surface area contributed by atoms with Gasteiger partial charge in [0.1, 0.15) is 0 Å². The van der Waals surface area contributed by atoms with Gasteiger partial charge in [-0.2, -0.15) is 0 Å². The SMILES string of the molecule is Cc1cccnc1C(NCC(=O)Nc1ccc2c(c1)C(=O)N(C)C2=O)C(C)C. The summed E-state index contributed by atoms with van der Waals surface area (Å²) in [5.41, 5.74) is 3.14. The summed E-state index contributed by atoms with van der Waals surface area (Å²) in [4.78, 5) is 42.0.